The number of aliphatic carboxylic acids is 2. The first-order valence-electron chi connectivity index (χ1n) is 27.8. The van der Waals surface area contributed by atoms with Crippen LogP contribution in [0.5, 0.6) is 0 Å². The summed E-state index contributed by atoms with van der Waals surface area (Å²) in [4.78, 5) is 143. The number of nitrogens with one attached hydrogen (secondary N) is 3. The number of imide groups is 1. The minimum Gasteiger partial charge on any atom is -0.481 e. The lowest BCUT2D eigenvalue weighted by Gasteiger charge is -2.43. The zero-order valence-corrected chi connectivity index (χ0v) is 49.7. The highest BCUT2D eigenvalue weighted by Gasteiger charge is 2.60. The summed E-state index contributed by atoms with van der Waals surface area (Å²) in [6, 6.07) is 14.0. The summed E-state index contributed by atoms with van der Waals surface area (Å²) in [6.45, 7) is 18.4. The predicted octanol–water partition coefficient (Wildman–Crippen LogP) is 6.69. The van der Waals surface area contributed by atoms with E-state index in [2.05, 4.69) is 16.0 Å². The number of esters is 3. The van der Waals surface area contributed by atoms with E-state index >= 15 is 9.59 Å². The fourth-order valence-electron chi connectivity index (χ4n) is 12.1. The number of anilines is 2. The maximum absolute atomic E-state index is 15.2. The molecule has 2 saturated heterocycles. The molecule has 2 aromatic rings. The van der Waals surface area contributed by atoms with Gasteiger partial charge < -0.3 is 45.4 Å². The van der Waals surface area contributed by atoms with Crippen LogP contribution in [0.15, 0.2) is 48.5 Å². The van der Waals surface area contributed by atoms with Crippen LogP contribution < -0.4 is 25.8 Å². The molecule has 2 aliphatic heterocycles. The van der Waals surface area contributed by atoms with Crippen LogP contribution >= 0.6 is 0 Å². The topological polar surface area (TPSA) is 275 Å². The van der Waals surface area contributed by atoms with E-state index in [4.69, 9.17) is 9.47 Å². The van der Waals surface area contributed by atoms with Gasteiger partial charge in [0.2, 0.25) is 17.7 Å². The van der Waals surface area contributed by atoms with Crippen molar-refractivity contribution in [2.45, 2.75) is 115 Å². The van der Waals surface area contributed by atoms with Crippen molar-refractivity contribution in [3.8, 4) is 0 Å². The number of rotatable bonds is 30. The zero-order valence-electron chi connectivity index (χ0n) is 49.7. The summed E-state index contributed by atoms with van der Waals surface area (Å²) in [7, 11) is 7.53. The molecule has 5 amide bonds. The van der Waals surface area contributed by atoms with Crippen molar-refractivity contribution in [2.24, 2.45) is 69.0 Å². The number of amides is 5. The summed E-state index contributed by atoms with van der Waals surface area (Å²) in [5.41, 5.74) is -2.27. The maximum atomic E-state index is 15.2. The highest BCUT2D eigenvalue weighted by molar-refractivity contribution is 6.05. The van der Waals surface area contributed by atoms with E-state index in [1.807, 2.05) is 57.0 Å². The van der Waals surface area contributed by atoms with Gasteiger partial charge >= 0.3 is 29.8 Å². The van der Waals surface area contributed by atoms with E-state index in [0.29, 0.717) is 24.0 Å². The highest BCUT2D eigenvalue weighted by atomic mass is 16.6. The third-order valence-electron chi connectivity index (χ3n) is 16.7. The molecule has 0 saturated carbocycles. The van der Waals surface area contributed by atoms with Gasteiger partial charge in [0, 0.05) is 76.9 Å². The summed E-state index contributed by atoms with van der Waals surface area (Å²) in [6.07, 6.45) is 0.00536. The molecule has 2 fully saturated rings. The molecule has 0 radical (unpaired) electrons. The van der Waals surface area contributed by atoms with Gasteiger partial charge in [-0.3, -0.25) is 52.8 Å². The summed E-state index contributed by atoms with van der Waals surface area (Å²) < 4.78 is 10.5. The van der Waals surface area contributed by atoms with Crippen LogP contribution in [0.2, 0.25) is 0 Å². The molecule has 0 aliphatic carbocycles. The fraction of sp³-hybridized carbons (Fsp3) is 0.633. The molecule has 0 bridgehead atoms. The Morgan fingerprint density at radius 2 is 1.07 bits per heavy atom. The van der Waals surface area contributed by atoms with Crippen LogP contribution in [-0.4, -0.2) is 135 Å². The average Bonchev–Trinajstić information content (AvgIpc) is 3.77. The highest BCUT2D eigenvalue weighted by Crippen LogP contribution is 2.53. The Morgan fingerprint density at radius 3 is 1.50 bits per heavy atom. The second-order valence-electron chi connectivity index (χ2n) is 24.8. The van der Waals surface area contributed by atoms with Gasteiger partial charge in [-0.25, -0.2) is 0 Å². The summed E-state index contributed by atoms with van der Waals surface area (Å²) in [5, 5.41) is 30.7. The Labute approximate surface area is 471 Å². The van der Waals surface area contributed by atoms with Crippen molar-refractivity contribution in [1.29, 1.82) is 0 Å². The van der Waals surface area contributed by atoms with Crippen molar-refractivity contribution >= 4 is 70.8 Å². The van der Waals surface area contributed by atoms with Crippen LogP contribution in [0, 0.1) is 69.0 Å². The molecule has 20 heteroatoms. The van der Waals surface area contributed by atoms with Crippen LogP contribution in [0.4, 0.5) is 11.4 Å². The molecule has 442 valence electrons. The molecule has 5 N–H and O–H groups in total. The molecule has 2 heterocycles. The normalized spacial score (nSPS) is 19.4. The smallest absolute Gasteiger partial charge is 0.318 e. The van der Waals surface area contributed by atoms with E-state index in [-0.39, 0.29) is 70.3 Å². The van der Waals surface area contributed by atoms with Crippen molar-refractivity contribution in [3.05, 3.63) is 59.7 Å². The number of hydrogen-bond donors (Lipinski definition) is 5. The van der Waals surface area contributed by atoms with E-state index in [0.717, 1.165) is 16.3 Å². The van der Waals surface area contributed by atoms with Gasteiger partial charge in [-0.15, -0.1) is 0 Å². The second kappa shape index (κ2) is 27.1. The van der Waals surface area contributed by atoms with Crippen molar-refractivity contribution in [3.63, 3.8) is 0 Å². The van der Waals surface area contributed by atoms with Crippen molar-refractivity contribution < 1.29 is 67.6 Å². The standard InChI is InChI=1S/C60H88N6O14/c1-16-57(4,5)44(49(69)63-29-18-28-61-47(67)36-20-24-38(25-21-36)64(12)13)41(52(72)73)33-59(8,9)45-40(50(70)66(51(45)71)31-19-30-62-48(68)37-22-26-39(27-23-37)65(14)15)32-60(10,11)46(55(77)79-17-2)42(53(74)75)34-58(6,7)43-35(3)54(76)80-56(43)78/h20-27,35,40-46H,16-19,28-34H2,1-15H3,(H,61,67)(H,62,68)(H,63,69)(H,72,73)(H,74,75). The van der Waals surface area contributed by atoms with E-state index in [1.165, 1.54) is 6.92 Å². The van der Waals surface area contributed by atoms with E-state index in [9.17, 15) is 48.6 Å². The molecule has 8 unspecified atom stereocenters. The van der Waals surface area contributed by atoms with Crippen LogP contribution in [-0.2, 0) is 47.8 Å². The number of carbonyl (C=O) groups excluding carboxylic acids is 8. The number of carboxylic acid groups (broad SMARTS) is 2. The van der Waals surface area contributed by atoms with Gasteiger partial charge in [-0.1, -0.05) is 75.7 Å². The quantitative estimate of drug-likeness (QED) is 0.0236. The molecule has 0 spiro atoms. The number of likely N-dealkylation sites (tertiary alicyclic amines) is 1. The summed E-state index contributed by atoms with van der Waals surface area (Å²) >= 11 is 0. The molecule has 4 rings (SSSR count). The first kappa shape index (κ1) is 65.7. The lowest BCUT2D eigenvalue weighted by atomic mass is 9.58. The van der Waals surface area contributed by atoms with Gasteiger partial charge in [-0.05, 0) is 109 Å². The SMILES string of the molecule is CCOC(=O)C(C(CC(C)(C)C1C(=O)OC(=O)C1C)C(=O)O)C(C)(C)CC1C(=O)N(CCCNC(=O)c2ccc(N(C)C)cc2)C(=O)C1C(C)(C)CC(C(=O)O)C(C(=O)NCCCNC(=O)c1ccc(N(C)C)cc1)C(C)(C)CC. The Morgan fingerprint density at radius 1 is 0.625 bits per heavy atom. The molecule has 20 nitrogen and oxygen atoms in total. The Balaban J connectivity index is 1.70. The van der Waals surface area contributed by atoms with Gasteiger partial charge in [0.15, 0.2) is 0 Å². The van der Waals surface area contributed by atoms with Crippen LogP contribution in [0.25, 0.3) is 0 Å². The first-order valence-corrected chi connectivity index (χ1v) is 27.8. The molecule has 0 aromatic heterocycles. The Hall–Kier alpha value is -6.86. The molecule has 2 aromatic carbocycles. The molecular weight excluding hydrogens is 1030 g/mol. The Bertz CT molecular complexity index is 2590. The van der Waals surface area contributed by atoms with Crippen molar-refractivity contribution in [1.82, 2.24) is 20.9 Å². The zero-order chi connectivity index (χ0) is 60.4. The maximum Gasteiger partial charge on any atom is 0.318 e. The molecular formula is C60H88N6O14. The number of benzene rings is 2. The van der Waals surface area contributed by atoms with Gasteiger partial charge in [0.1, 0.15) is 0 Å². The minimum absolute atomic E-state index is 0.0660. The minimum atomic E-state index is -1.55. The van der Waals surface area contributed by atoms with Gasteiger partial charge in [-0.2, -0.15) is 0 Å². The monoisotopic (exact) mass is 1120 g/mol. The largest absolute Gasteiger partial charge is 0.481 e. The third-order valence-corrected chi connectivity index (χ3v) is 16.7. The molecule has 8 atom stereocenters. The number of carboxylic acids is 2. The lowest BCUT2D eigenvalue weighted by Crippen LogP contribution is -2.49. The Kier molecular flexibility index (Phi) is 22.2. The lowest BCUT2D eigenvalue weighted by molar-refractivity contribution is -0.166. The number of ether oxygens (including phenoxy) is 2. The van der Waals surface area contributed by atoms with Crippen molar-refractivity contribution in [2.75, 3.05) is 70.8 Å². The summed E-state index contributed by atoms with van der Waals surface area (Å²) in [5.74, 6) is -17.7. The predicted molar refractivity (Wildman–Crippen MR) is 301 cm³/mol. The first-order chi connectivity index (χ1) is 37.1. The van der Waals surface area contributed by atoms with Crippen LogP contribution in [0.1, 0.15) is 135 Å². The van der Waals surface area contributed by atoms with Crippen LogP contribution in [0.3, 0.4) is 0 Å². The number of carbonyl (C=O) groups is 10. The molecule has 2 aliphatic rings. The van der Waals surface area contributed by atoms with Gasteiger partial charge in [0.05, 0.1) is 54.0 Å². The second-order valence-corrected chi connectivity index (χ2v) is 24.8. The van der Waals surface area contributed by atoms with Gasteiger partial charge in [0.25, 0.3) is 11.8 Å². The average molecular weight is 1120 g/mol. The third kappa shape index (κ3) is 15.7. The molecule has 80 heavy (non-hydrogen) atoms. The number of hydrogen-bond acceptors (Lipinski definition) is 14. The fourth-order valence-corrected chi connectivity index (χ4v) is 12.1. The number of cyclic esters (lactones) is 2. The number of nitrogens with zero attached hydrogens (tertiary/aromatic N) is 3. The van der Waals surface area contributed by atoms with E-state index < -0.39 is 117 Å². The van der Waals surface area contributed by atoms with E-state index in [1.54, 1.807) is 98.7 Å².